The molecule has 5 heteroatoms. The predicted molar refractivity (Wildman–Crippen MR) is 86.5 cm³/mol. The Balaban J connectivity index is 1.65. The first-order valence-electron chi connectivity index (χ1n) is 6.82. The van der Waals surface area contributed by atoms with Gasteiger partial charge in [0, 0.05) is 36.5 Å². The molecular weight excluding hydrogens is 290 g/mol. The van der Waals surface area contributed by atoms with E-state index < -0.39 is 0 Å². The second kappa shape index (κ2) is 7.96. The Morgan fingerprint density at radius 3 is 2.90 bits per heavy atom. The largest absolute Gasteiger partial charge is 0.376 e. The Morgan fingerprint density at radius 2 is 2.25 bits per heavy atom. The van der Waals surface area contributed by atoms with Gasteiger partial charge in [0.05, 0.1) is 5.60 Å². The number of carbonyl (C=O) groups excluding carboxylic acids is 1. The first kappa shape index (κ1) is 15.7. The smallest absolute Gasteiger partial charge is 0.220 e. The third-order valence-electron chi connectivity index (χ3n) is 3.45. The first-order chi connectivity index (χ1) is 9.74. The van der Waals surface area contributed by atoms with Crippen LogP contribution in [0.2, 0.25) is 0 Å². The summed E-state index contributed by atoms with van der Waals surface area (Å²) >= 11 is 3.61. The fraction of sp³-hybridized carbons (Fsp3) is 0.533. The molecule has 110 valence electrons. The molecule has 0 aliphatic carbocycles. The number of nitrogens with one attached hydrogen (secondary N) is 1. The summed E-state index contributed by atoms with van der Waals surface area (Å²) in [5, 5.41) is 3.01. The van der Waals surface area contributed by atoms with Gasteiger partial charge in [-0.05, 0) is 24.3 Å². The zero-order valence-corrected chi connectivity index (χ0v) is 13.4. The highest BCUT2D eigenvalue weighted by Gasteiger charge is 2.34. The highest BCUT2D eigenvalue weighted by Crippen LogP contribution is 2.30. The molecule has 1 atom stereocenters. The van der Waals surface area contributed by atoms with Crippen LogP contribution in [0.5, 0.6) is 0 Å². The molecule has 1 aliphatic heterocycles. The highest BCUT2D eigenvalue weighted by atomic mass is 32.2. The molecule has 1 N–H and O–H groups in total. The van der Waals surface area contributed by atoms with Crippen LogP contribution < -0.4 is 5.32 Å². The second-order valence-electron chi connectivity index (χ2n) is 4.88. The van der Waals surface area contributed by atoms with E-state index in [0.717, 1.165) is 23.7 Å². The number of thioether (sulfide) groups is 2. The van der Waals surface area contributed by atoms with Gasteiger partial charge in [0.25, 0.3) is 0 Å². The third-order valence-corrected chi connectivity index (χ3v) is 5.69. The standard InChI is InChI=1S/C15H21NO2S2/c1-18-15(8-10-19-12-15)11-16-14(17)7-9-20-13-5-3-2-4-6-13/h2-6H,7-12H2,1H3,(H,16,17). The summed E-state index contributed by atoms with van der Waals surface area (Å²) in [6.45, 7) is 0.630. The van der Waals surface area contributed by atoms with Crippen molar-refractivity contribution in [2.45, 2.75) is 23.3 Å². The van der Waals surface area contributed by atoms with Gasteiger partial charge in [-0.3, -0.25) is 4.79 Å². The van der Waals surface area contributed by atoms with Gasteiger partial charge in [0.1, 0.15) is 0 Å². The van der Waals surface area contributed by atoms with Crippen LogP contribution >= 0.6 is 23.5 Å². The van der Waals surface area contributed by atoms with E-state index in [0.29, 0.717) is 13.0 Å². The van der Waals surface area contributed by atoms with Crippen molar-refractivity contribution in [2.75, 3.05) is 30.9 Å². The average Bonchev–Trinajstić information content (AvgIpc) is 2.96. The van der Waals surface area contributed by atoms with E-state index in [9.17, 15) is 4.79 Å². The zero-order chi connectivity index (χ0) is 14.3. The lowest BCUT2D eigenvalue weighted by Crippen LogP contribution is -2.44. The molecule has 1 amide bonds. The minimum Gasteiger partial charge on any atom is -0.376 e. The molecule has 1 aliphatic rings. The van der Waals surface area contributed by atoms with Crippen molar-refractivity contribution in [1.29, 1.82) is 0 Å². The summed E-state index contributed by atoms with van der Waals surface area (Å²) in [5.41, 5.74) is -0.146. The maximum atomic E-state index is 11.9. The monoisotopic (exact) mass is 311 g/mol. The number of hydrogen-bond acceptors (Lipinski definition) is 4. The van der Waals surface area contributed by atoms with Crippen molar-refractivity contribution in [3.8, 4) is 0 Å². The minimum absolute atomic E-state index is 0.113. The lowest BCUT2D eigenvalue weighted by atomic mass is 10.0. The van der Waals surface area contributed by atoms with Gasteiger partial charge in [-0.15, -0.1) is 11.8 Å². The topological polar surface area (TPSA) is 38.3 Å². The van der Waals surface area contributed by atoms with Crippen LogP contribution in [0.15, 0.2) is 35.2 Å². The van der Waals surface area contributed by atoms with E-state index in [1.165, 1.54) is 4.90 Å². The van der Waals surface area contributed by atoms with Crippen molar-refractivity contribution in [1.82, 2.24) is 5.32 Å². The van der Waals surface area contributed by atoms with E-state index in [4.69, 9.17) is 4.74 Å². The van der Waals surface area contributed by atoms with Gasteiger partial charge in [-0.2, -0.15) is 11.8 Å². The molecule has 2 rings (SSSR count). The van der Waals surface area contributed by atoms with Crippen LogP contribution in [0.25, 0.3) is 0 Å². The fourth-order valence-electron chi connectivity index (χ4n) is 2.09. The quantitative estimate of drug-likeness (QED) is 0.786. The van der Waals surface area contributed by atoms with E-state index in [2.05, 4.69) is 17.4 Å². The van der Waals surface area contributed by atoms with Crippen molar-refractivity contribution < 1.29 is 9.53 Å². The number of hydrogen-bond donors (Lipinski definition) is 1. The zero-order valence-electron chi connectivity index (χ0n) is 11.8. The van der Waals surface area contributed by atoms with Crippen molar-refractivity contribution in [2.24, 2.45) is 0 Å². The van der Waals surface area contributed by atoms with Gasteiger partial charge < -0.3 is 10.1 Å². The van der Waals surface area contributed by atoms with Crippen LogP contribution in [-0.2, 0) is 9.53 Å². The molecule has 1 unspecified atom stereocenters. The number of rotatable bonds is 7. The molecule has 1 aromatic rings. The van der Waals surface area contributed by atoms with E-state index in [-0.39, 0.29) is 11.5 Å². The summed E-state index contributed by atoms with van der Waals surface area (Å²) < 4.78 is 5.58. The summed E-state index contributed by atoms with van der Waals surface area (Å²) in [5.74, 6) is 3.02. The van der Waals surface area contributed by atoms with E-state index >= 15 is 0 Å². The maximum Gasteiger partial charge on any atom is 0.220 e. The number of benzene rings is 1. The molecule has 0 radical (unpaired) electrons. The average molecular weight is 311 g/mol. The van der Waals surface area contributed by atoms with Crippen LogP contribution in [0.4, 0.5) is 0 Å². The van der Waals surface area contributed by atoms with Crippen molar-refractivity contribution in [3.63, 3.8) is 0 Å². The summed E-state index contributed by atoms with van der Waals surface area (Å²) in [6, 6.07) is 10.2. The molecular formula is C15H21NO2S2. The Bertz CT molecular complexity index is 419. The molecule has 0 saturated carbocycles. The number of amides is 1. The Kier molecular flexibility index (Phi) is 6.26. The number of carbonyl (C=O) groups is 1. The normalized spacial score (nSPS) is 21.9. The predicted octanol–water partition coefficient (Wildman–Crippen LogP) is 2.81. The molecule has 3 nitrogen and oxygen atoms in total. The summed E-state index contributed by atoms with van der Waals surface area (Å²) in [7, 11) is 1.74. The van der Waals surface area contributed by atoms with Crippen molar-refractivity contribution >= 4 is 29.4 Å². The third kappa shape index (κ3) is 4.72. The van der Waals surface area contributed by atoms with Gasteiger partial charge in [0.15, 0.2) is 0 Å². The Morgan fingerprint density at radius 1 is 1.45 bits per heavy atom. The SMILES string of the molecule is COC1(CNC(=O)CCSc2ccccc2)CCSC1. The molecule has 0 spiro atoms. The van der Waals surface area contributed by atoms with Gasteiger partial charge >= 0.3 is 0 Å². The van der Waals surface area contributed by atoms with Gasteiger partial charge in [-0.1, -0.05) is 18.2 Å². The molecule has 20 heavy (non-hydrogen) atoms. The highest BCUT2D eigenvalue weighted by molar-refractivity contribution is 7.99. The number of ether oxygens (including phenoxy) is 1. The summed E-state index contributed by atoms with van der Waals surface area (Å²) in [6.07, 6.45) is 1.57. The summed E-state index contributed by atoms with van der Waals surface area (Å²) in [4.78, 5) is 13.1. The van der Waals surface area contributed by atoms with Crippen LogP contribution in [-0.4, -0.2) is 42.4 Å². The van der Waals surface area contributed by atoms with Gasteiger partial charge in [-0.25, -0.2) is 0 Å². The Hall–Kier alpha value is -0.650. The first-order valence-corrected chi connectivity index (χ1v) is 8.96. The molecule has 1 fully saturated rings. The minimum atomic E-state index is -0.146. The van der Waals surface area contributed by atoms with E-state index in [1.54, 1.807) is 18.9 Å². The van der Waals surface area contributed by atoms with Crippen LogP contribution in [0, 0.1) is 0 Å². The lowest BCUT2D eigenvalue weighted by Gasteiger charge is -2.26. The van der Waals surface area contributed by atoms with Gasteiger partial charge in [0.2, 0.25) is 5.91 Å². The van der Waals surface area contributed by atoms with E-state index in [1.807, 2.05) is 30.0 Å². The maximum absolute atomic E-state index is 11.9. The number of methoxy groups -OCH3 is 1. The molecule has 0 aromatic heterocycles. The van der Waals surface area contributed by atoms with Crippen LogP contribution in [0.1, 0.15) is 12.8 Å². The Labute approximate surface area is 129 Å². The second-order valence-corrected chi connectivity index (χ2v) is 7.15. The fourth-order valence-corrected chi connectivity index (χ4v) is 4.36. The molecule has 1 heterocycles. The van der Waals surface area contributed by atoms with Crippen molar-refractivity contribution in [3.05, 3.63) is 30.3 Å². The molecule has 1 aromatic carbocycles. The molecule has 0 bridgehead atoms. The lowest BCUT2D eigenvalue weighted by molar-refractivity contribution is -0.122. The molecule has 1 saturated heterocycles. The van der Waals surface area contributed by atoms with Crippen LogP contribution in [0.3, 0.4) is 0 Å².